The van der Waals surface area contributed by atoms with Crippen LogP contribution in [0.4, 0.5) is 0 Å². The maximum atomic E-state index is 9.92. The Labute approximate surface area is 84.1 Å². The van der Waals surface area contributed by atoms with Crippen LogP contribution in [0.3, 0.4) is 0 Å². The van der Waals surface area contributed by atoms with E-state index in [2.05, 4.69) is 0 Å². The molecule has 0 aliphatic carbocycles. The van der Waals surface area contributed by atoms with Crippen molar-refractivity contribution in [3.63, 3.8) is 0 Å². The average Bonchev–Trinajstić information content (AvgIpc) is 2.25. The first-order chi connectivity index (χ1) is 6.93. The monoisotopic (exact) mass is 184 g/mol. The van der Waals surface area contributed by atoms with Gasteiger partial charge in [0.1, 0.15) is 6.29 Å². The topological polar surface area (TPSA) is 17.1 Å². The highest BCUT2D eigenvalue weighted by molar-refractivity contribution is 5.65. The summed E-state index contributed by atoms with van der Waals surface area (Å²) in [5, 5.41) is 0. The quantitative estimate of drug-likeness (QED) is 0.399. The first kappa shape index (κ1) is 10.2. The Kier molecular flexibility index (Phi) is 4.81. The van der Waals surface area contributed by atoms with Crippen molar-refractivity contribution >= 4 is 12.4 Å². The van der Waals surface area contributed by atoms with E-state index in [4.69, 9.17) is 0 Å². The second kappa shape index (κ2) is 6.61. The highest BCUT2D eigenvalue weighted by Crippen LogP contribution is 2.00. The number of hydrogen-bond acceptors (Lipinski definition) is 1. The molecule has 1 nitrogen and oxygen atoms in total. The van der Waals surface area contributed by atoms with E-state index in [1.54, 1.807) is 6.08 Å². The van der Waals surface area contributed by atoms with Crippen LogP contribution in [0.5, 0.6) is 0 Å². The van der Waals surface area contributed by atoms with Gasteiger partial charge in [0.2, 0.25) is 0 Å². The largest absolute Gasteiger partial charge is 0.299 e. The fourth-order valence-corrected chi connectivity index (χ4v) is 0.969. The van der Waals surface area contributed by atoms with Crippen molar-refractivity contribution < 1.29 is 4.79 Å². The van der Waals surface area contributed by atoms with Gasteiger partial charge < -0.3 is 0 Å². The molecular formula is C13H12O. The van der Waals surface area contributed by atoms with E-state index >= 15 is 0 Å². The van der Waals surface area contributed by atoms with E-state index in [1.165, 1.54) is 6.08 Å². The lowest BCUT2D eigenvalue weighted by Crippen LogP contribution is -1.66. The summed E-state index contributed by atoms with van der Waals surface area (Å²) >= 11 is 0. The molecule has 0 saturated carbocycles. The van der Waals surface area contributed by atoms with Crippen molar-refractivity contribution in [2.45, 2.75) is 0 Å². The molecule has 0 spiro atoms. The van der Waals surface area contributed by atoms with E-state index in [-0.39, 0.29) is 0 Å². The summed E-state index contributed by atoms with van der Waals surface area (Å²) in [6.07, 6.45) is 11.5. The normalized spacial score (nSPS) is 11.7. The fourth-order valence-electron chi connectivity index (χ4n) is 0.969. The second-order valence-corrected chi connectivity index (χ2v) is 2.68. The highest BCUT2D eigenvalue weighted by Gasteiger charge is 1.78. The third-order valence-electron chi connectivity index (χ3n) is 1.61. The smallest absolute Gasteiger partial charge is 0.142 e. The van der Waals surface area contributed by atoms with Gasteiger partial charge in [0.15, 0.2) is 0 Å². The van der Waals surface area contributed by atoms with Crippen molar-refractivity contribution in [3.8, 4) is 0 Å². The lowest BCUT2D eigenvalue weighted by Gasteiger charge is -1.87. The van der Waals surface area contributed by atoms with E-state index in [9.17, 15) is 4.79 Å². The van der Waals surface area contributed by atoms with Gasteiger partial charge in [-0.2, -0.15) is 0 Å². The number of aldehydes is 1. The molecule has 1 heteroatoms. The lowest BCUT2D eigenvalue weighted by molar-refractivity contribution is -0.104. The van der Waals surface area contributed by atoms with Crippen LogP contribution in [0.2, 0.25) is 0 Å². The van der Waals surface area contributed by atoms with Gasteiger partial charge in [-0.1, -0.05) is 60.7 Å². The Balaban J connectivity index is 2.45. The minimum Gasteiger partial charge on any atom is -0.299 e. The van der Waals surface area contributed by atoms with Crippen molar-refractivity contribution in [2.75, 3.05) is 0 Å². The Morgan fingerprint density at radius 2 is 1.43 bits per heavy atom. The number of rotatable bonds is 4. The number of allylic oxidation sites excluding steroid dienone is 5. The molecule has 70 valence electrons. The van der Waals surface area contributed by atoms with Crippen LogP contribution < -0.4 is 0 Å². The minimum absolute atomic E-state index is 0.755. The maximum Gasteiger partial charge on any atom is 0.142 e. The predicted molar refractivity (Wildman–Crippen MR) is 59.8 cm³/mol. The number of carbonyl (C=O) groups is 1. The predicted octanol–water partition coefficient (Wildman–Crippen LogP) is 3.01. The molecule has 0 aromatic heterocycles. The Bertz CT molecular complexity index is 345. The molecule has 0 unspecified atom stereocenters. The van der Waals surface area contributed by atoms with Crippen LogP contribution in [0, 0.1) is 0 Å². The highest BCUT2D eigenvalue weighted by atomic mass is 16.1. The zero-order valence-electron chi connectivity index (χ0n) is 7.84. The molecule has 0 aliphatic heterocycles. The van der Waals surface area contributed by atoms with E-state index in [0.717, 1.165) is 11.8 Å². The molecule has 1 rings (SSSR count). The van der Waals surface area contributed by atoms with Crippen LogP contribution >= 0.6 is 0 Å². The second-order valence-electron chi connectivity index (χ2n) is 2.68. The van der Waals surface area contributed by atoms with Gasteiger partial charge in [-0.05, 0) is 11.6 Å². The molecule has 0 heterocycles. The van der Waals surface area contributed by atoms with Crippen LogP contribution in [0.15, 0.2) is 60.7 Å². The summed E-state index contributed by atoms with van der Waals surface area (Å²) in [4.78, 5) is 9.92. The van der Waals surface area contributed by atoms with Gasteiger partial charge in [-0.15, -0.1) is 0 Å². The van der Waals surface area contributed by atoms with Crippen molar-refractivity contribution in [3.05, 3.63) is 66.3 Å². The van der Waals surface area contributed by atoms with Gasteiger partial charge in [-0.3, -0.25) is 4.79 Å². The zero-order chi connectivity index (χ0) is 10.1. The van der Waals surface area contributed by atoms with E-state index < -0.39 is 0 Å². The van der Waals surface area contributed by atoms with Crippen molar-refractivity contribution in [2.24, 2.45) is 0 Å². The molecule has 0 saturated heterocycles. The summed E-state index contributed by atoms with van der Waals surface area (Å²) in [7, 11) is 0. The Morgan fingerprint density at radius 1 is 0.786 bits per heavy atom. The minimum atomic E-state index is 0.755. The molecule has 0 atom stereocenters. The molecule has 0 bridgehead atoms. The molecular weight excluding hydrogens is 172 g/mol. The van der Waals surface area contributed by atoms with Crippen LogP contribution in [0.1, 0.15) is 5.56 Å². The van der Waals surface area contributed by atoms with Crippen LogP contribution in [-0.2, 0) is 4.79 Å². The fraction of sp³-hybridized carbons (Fsp3) is 0. The third-order valence-corrected chi connectivity index (χ3v) is 1.61. The summed E-state index contributed by atoms with van der Waals surface area (Å²) in [5.41, 5.74) is 1.16. The number of carbonyl (C=O) groups excluding carboxylic acids is 1. The van der Waals surface area contributed by atoms with E-state index in [1.807, 2.05) is 54.6 Å². The van der Waals surface area contributed by atoms with Crippen LogP contribution in [0.25, 0.3) is 6.08 Å². The molecule has 0 aliphatic rings. The molecule has 0 amide bonds. The zero-order valence-corrected chi connectivity index (χ0v) is 7.84. The van der Waals surface area contributed by atoms with Crippen molar-refractivity contribution in [1.29, 1.82) is 0 Å². The van der Waals surface area contributed by atoms with Crippen molar-refractivity contribution in [1.82, 2.24) is 0 Å². The van der Waals surface area contributed by atoms with Gasteiger partial charge in [0.25, 0.3) is 0 Å². The average molecular weight is 184 g/mol. The standard InChI is InChI=1S/C13H12O/c14-12-8-3-1-2-5-9-13-10-6-4-7-11-13/h1-12H/b2-1+,8-3-,9-5+. The first-order valence-electron chi connectivity index (χ1n) is 4.44. The van der Waals surface area contributed by atoms with Gasteiger partial charge in [0.05, 0.1) is 0 Å². The van der Waals surface area contributed by atoms with Gasteiger partial charge in [0, 0.05) is 0 Å². The lowest BCUT2D eigenvalue weighted by atomic mass is 10.2. The molecule has 1 aromatic carbocycles. The molecule has 0 N–H and O–H groups in total. The number of benzene rings is 1. The maximum absolute atomic E-state index is 9.92. The summed E-state index contributed by atoms with van der Waals surface area (Å²) in [6.45, 7) is 0. The third kappa shape index (κ3) is 4.21. The first-order valence-corrected chi connectivity index (χ1v) is 4.44. The molecule has 14 heavy (non-hydrogen) atoms. The Hall–Kier alpha value is -1.89. The van der Waals surface area contributed by atoms with Gasteiger partial charge >= 0.3 is 0 Å². The molecule has 0 radical (unpaired) electrons. The molecule has 1 aromatic rings. The summed E-state index contributed by atoms with van der Waals surface area (Å²) in [6, 6.07) is 10.0. The Morgan fingerprint density at radius 3 is 2.14 bits per heavy atom. The summed E-state index contributed by atoms with van der Waals surface area (Å²) in [5.74, 6) is 0. The van der Waals surface area contributed by atoms with Gasteiger partial charge in [-0.25, -0.2) is 0 Å². The SMILES string of the molecule is O=C\C=C/C=C/C=C/c1ccccc1. The van der Waals surface area contributed by atoms with E-state index in [0.29, 0.717) is 0 Å². The summed E-state index contributed by atoms with van der Waals surface area (Å²) < 4.78 is 0. The molecule has 0 fully saturated rings. The number of hydrogen-bond donors (Lipinski definition) is 0. The van der Waals surface area contributed by atoms with Crippen LogP contribution in [-0.4, -0.2) is 6.29 Å².